The van der Waals surface area contributed by atoms with Crippen LogP contribution in [0.1, 0.15) is 32.0 Å². The van der Waals surface area contributed by atoms with E-state index in [0.29, 0.717) is 12.3 Å². The summed E-state index contributed by atoms with van der Waals surface area (Å²) in [4.78, 5) is 4.72. The molecule has 21 heavy (non-hydrogen) atoms. The molecule has 2 heterocycles. The Morgan fingerprint density at radius 1 is 1.33 bits per heavy atom. The quantitative estimate of drug-likeness (QED) is 0.919. The molecular weight excluding hydrogens is 280 g/mol. The van der Waals surface area contributed by atoms with Gasteiger partial charge in [-0.3, -0.25) is 0 Å². The second kappa shape index (κ2) is 6.84. The summed E-state index contributed by atoms with van der Waals surface area (Å²) in [7, 11) is 0. The Bertz CT molecular complexity index is 589. The van der Waals surface area contributed by atoms with Crippen molar-refractivity contribution in [3.8, 4) is 0 Å². The lowest BCUT2D eigenvalue weighted by atomic mass is 9.94. The minimum absolute atomic E-state index is 0.264. The molecule has 0 aliphatic carbocycles. The summed E-state index contributed by atoms with van der Waals surface area (Å²) in [5, 5.41) is 10.4. The van der Waals surface area contributed by atoms with E-state index in [9.17, 15) is 5.11 Å². The summed E-state index contributed by atoms with van der Waals surface area (Å²) in [6.07, 6.45) is 3.84. The smallest absolute Gasteiger partial charge is 0.112 e. The Morgan fingerprint density at radius 2 is 2.10 bits per heavy atom. The minimum atomic E-state index is -0.264. The molecule has 1 aromatic carbocycles. The number of hydrogen-bond donors (Lipinski definition) is 1. The number of para-hydroxylation sites is 2. The molecule has 1 fully saturated rings. The molecule has 0 amide bonds. The number of benzene rings is 1. The second-order valence-corrected chi connectivity index (χ2v) is 7.14. The molecule has 3 nitrogen and oxygen atoms in total. The van der Waals surface area contributed by atoms with E-state index in [2.05, 4.69) is 29.7 Å². The van der Waals surface area contributed by atoms with Gasteiger partial charge in [-0.1, -0.05) is 12.1 Å². The molecule has 0 spiro atoms. The van der Waals surface area contributed by atoms with Crippen LogP contribution in [0, 0.1) is 5.92 Å². The van der Waals surface area contributed by atoms with E-state index in [1.54, 1.807) is 0 Å². The van der Waals surface area contributed by atoms with Crippen molar-refractivity contribution < 1.29 is 5.11 Å². The Morgan fingerprint density at radius 3 is 2.86 bits per heavy atom. The first-order chi connectivity index (χ1) is 10.3. The average molecular weight is 304 g/mol. The van der Waals surface area contributed by atoms with Crippen LogP contribution in [0.4, 0.5) is 0 Å². The van der Waals surface area contributed by atoms with Gasteiger partial charge in [-0.05, 0) is 55.7 Å². The van der Waals surface area contributed by atoms with Gasteiger partial charge < -0.3 is 9.67 Å². The van der Waals surface area contributed by atoms with Crippen LogP contribution in [-0.2, 0) is 13.0 Å². The molecule has 1 atom stereocenters. The third-order valence-corrected chi connectivity index (χ3v) is 5.46. The van der Waals surface area contributed by atoms with E-state index in [-0.39, 0.29) is 6.10 Å². The standard InChI is InChI=1S/C17H24N2OS/c1-2-19-16-6-4-3-5-15(16)18-17(19)12-14(20)11-13-7-9-21-10-8-13/h3-6,13-14,20H,2,7-12H2,1H3. The molecule has 0 bridgehead atoms. The predicted molar refractivity (Wildman–Crippen MR) is 89.8 cm³/mol. The number of aliphatic hydroxyl groups excluding tert-OH is 1. The van der Waals surface area contributed by atoms with Crippen molar-refractivity contribution in [3.05, 3.63) is 30.1 Å². The number of aliphatic hydroxyl groups is 1. The van der Waals surface area contributed by atoms with Crippen molar-refractivity contribution in [3.63, 3.8) is 0 Å². The largest absolute Gasteiger partial charge is 0.393 e. The minimum Gasteiger partial charge on any atom is -0.393 e. The maximum atomic E-state index is 10.4. The first kappa shape index (κ1) is 14.9. The van der Waals surface area contributed by atoms with Gasteiger partial charge in [0.1, 0.15) is 5.82 Å². The molecule has 3 rings (SSSR count). The van der Waals surface area contributed by atoms with Crippen LogP contribution in [0.15, 0.2) is 24.3 Å². The lowest BCUT2D eigenvalue weighted by molar-refractivity contribution is 0.136. The van der Waals surface area contributed by atoms with Crippen LogP contribution in [-0.4, -0.2) is 32.3 Å². The van der Waals surface area contributed by atoms with Gasteiger partial charge in [0.2, 0.25) is 0 Å². The van der Waals surface area contributed by atoms with E-state index in [1.807, 2.05) is 17.8 Å². The van der Waals surface area contributed by atoms with Gasteiger partial charge in [0.25, 0.3) is 0 Å². The summed E-state index contributed by atoms with van der Waals surface area (Å²) in [6, 6.07) is 8.24. The Kier molecular flexibility index (Phi) is 4.86. The van der Waals surface area contributed by atoms with Gasteiger partial charge in [0.05, 0.1) is 17.1 Å². The molecule has 1 aliphatic heterocycles. The Labute approximate surface area is 130 Å². The molecule has 1 saturated heterocycles. The molecule has 0 saturated carbocycles. The third-order valence-electron chi connectivity index (χ3n) is 4.41. The highest BCUT2D eigenvalue weighted by atomic mass is 32.2. The molecule has 4 heteroatoms. The number of nitrogens with zero attached hydrogens (tertiary/aromatic N) is 2. The fourth-order valence-electron chi connectivity index (χ4n) is 3.30. The lowest BCUT2D eigenvalue weighted by Gasteiger charge is -2.23. The van der Waals surface area contributed by atoms with Gasteiger partial charge in [-0.25, -0.2) is 4.98 Å². The van der Waals surface area contributed by atoms with E-state index in [4.69, 9.17) is 4.98 Å². The number of hydrogen-bond acceptors (Lipinski definition) is 3. The Hall–Kier alpha value is -1.00. The summed E-state index contributed by atoms with van der Waals surface area (Å²) >= 11 is 2.04. The summed E-state index contributed by atoms with van der Waals surface area (Å²) < 4.78 is 2.23. The van der Waals surface area contributed by atoms with Crippen molar-refractivity contribution in [2.75, 3.05) is 11.5 Å². The molecule has 114 valence electrons. The SMILES string of the molecule is CCn1c(CC(O)CC2CCSCC2)nc2ccccc21. The first-order valence-electron chi connectivity index (χ1n) is 7.98. The molecule has 1 N–H and O–H groups in total. The normalized spacial score (nSPS) is 18.2. The molecular formula is C17H24N2OS. The Balaban J connectivity index is 1.71. The monoisotopic (exact) mass is 304 g/mol. The summed E-state index contributed by atoms with van der Waals surface area (Å²) in [6.45, 7) is 3.05. The lowest BCUT2D eigenvalue weighted by Crippen LogP contribution is -2.21. The zero-order valence-electron chi connectivity index (χ0n) is 12.7. The predicted octanol–water partition coefficient (Wildman–Crippen LogP) is 3.49. The number of thioether (sulfide) groups is 1. The van der Waals surface area contributed by atoms with Gasteiger partial charge in [0.15, 0.2) is 0 Å². The third kappa shape index (κ3) is 3.43. The van der Waals surface area contributed by atoms with Gasteiger partial charge in [-0.2, -0.15) is 11.8 Å². The van der Waals surface area contributed by atoms with Crippen LogP contribution in [0.2, 0.25) is 0 Å². The van der Waals surface area contributed by atoms with Gasteiger partial charge >= 0.3 is 0 Å². The van der Waals surface area contributed by atoms with Crippen LogP contribution in [0.5, 0.6) is 0 Å². The fourth-order valence-corrected chi connectivity index (χ4v) is 4.50. The fraction of sp³-hybridized carbons (Fsp3) is 0.588. The number of aryl methyl sites for hydroxylation is 1. The highest BCUT2D eigenvalue weighted by Gasteiger charge is 2.20. The van der Waals surface area contributed by atoms with E-state index < -0.39 is 0 Å². The van der Waals surface area contributed by atoms with Crippen LogP contribution in [0.25, 0.3) is 11.0 Å². The van der Waals surface area contributed by atoms with Crippen LogP contribution < -0.4 is 0 Å². The van der Waals surface area contributed by atoms with E-state index >= 15 is 0 Å². The molecule has 2 aromatic rings. The first-order valence-corrected chi connectivity index (χ1v) is 9.13. The van der Waals surface area contributed by atoms with E-state index in [0.717, 1.165) is 24.3 Å². The van der Waals surface area contributed by atoms with Gasteiger partial charge in [0, 0.05) is 13.0 Å². The van der Waals surface area contributed by atoms with Crippen molar-refractivity contribution in [2.45, 2.75) is 45.3 Å². The second-order valence-electron chi connectivity index (χ2n) is 5.91. The molecule has 1 aliphatic rings. The topological polar surface area (TPSA) is 38.0 Å². The summed E-state index contributed by atoms with van der Waals surface area (Å²) in [5.74, 6) is 4.23. The maximum absolute atomic E-state index is 10.4. The number of fused-ring (bicyclic) bond motifs is 1. The zero-order valence-corrected chi connectivity index (χ0v) is 13.5. The summed E-state index contributed by atoms with van der Waals surface area (Å²) in [5.41, 5.74) is 2.21. The van der Waals surface area contributed by atoms with Crippen molar-refractivity contribution >= 4 is 22.8 Å². The van der Waals surface area contributed by atoms with Crippen molar-refractivity contribution in [1.29, 1.82) is 0 Å². The number of aromatic nitrogens is 2. The number of rotatable bonds is 5. The van der Waals surface area contributed by atoms with Gasteiger partial charge in [-0.15, -0.1) is 0 Å². The molecule has 1 aromatic heterocycles. The highest BCUT2D eigenvalue weighted by molar-refractivity contribution is 7.99. The van der Waals surface area contributed by atoms with Crippen molar-refractivity contribution in [2.24, 2.45) is 5.92 Å². The van der Waals surface area contributed by atoms with Crippen molar-refractivity contribution in [1.82, 2.24) is 9.55 Å². The zero-order chi connectivity index (χ0) is 14.7. The maximum Gasteiger partial charge on any atom is 0.112 e. The number of imidazole rings is 1. The molecule has 0 radical (unpaired) electrons. The average Bonchev–Trinajstić information content (AvgIpc) is 2.85. The highest BCUT2D eigenvalue weighted by Crippen LogP contribution is 2.27. The van der Waals surface area contributed by atoms with Crippen LogP contribution >= 0.6 is 11.8 Å². The molecule has 1 unspecified atom stereocenters. The van der Waals surface area contributed by atoms with E-state index in [1.165, 1.54) is 29.9 Å². The van der Waals surface area contributed by atoms with Crippen LogP contribution in [0.3, 0.4) is 0 Å².